The molecule has 0 aliphatic rings. The predicted molar refractivity (Wildman–Crippen MR) is 57.5 cm³/mol. The van der Waals surface area contributed by atoms with Gasteiger partial charge in [0.2, 0.25) is 0 Å². The summed E-state index contributed by atoms with van der Waals surface area (Å²) in [5.74, 6) is 0. The zero-order chi connectivity index (χ0) is 10.7. The minimum atomic E-state index is -0.251. The van der Waals surface area contributed by atoms with Crippen LogP contribution in [0.25, 0.3) is 0 Å². The Balaban J connectivity index is 3.23. The number of hydrogen-bond donors (Lipinski definition) is 1. The van der Waals surface area contributed by atoms with Gasteiger partial charge in [-0.1, -0.05) is 25.4 Å². The molecule has 1 heterocycles. The van der Waals surface area contributed by atoms with Crippen LogP contribution < -0.4 is 11.3 Å². The van der Waals surface area contributed by atoms with Crippen molar-refractivity contribution in [3.8, 4) is 0 Å². The lowest BCUT2D eigenvalue weighted by Gasteiger charge is -2.15. The van der Waals surface area contributed by atoms with E-state index in [0.29, 0.717) is 0 Å². The molecule has 0 aliphatic heterocycles. The van der Waals surface area contributed by atoms with E-state index >= 15 is 0 Å². The van der Waals surface area contributed by atoms with Gasteiger partial charge in [-0.25, -0.2) is 4.98 Å². The van der Waals surface area contributed by atoms with Crippen LogP contribution in [0.5, 0.6) is 0 Å². The molecule has 0 radical (unpaired) electrons. The molecular formula is C9H14ClN3O. The van der Waals surface area contributed by atoms with Gasteiger partial charge in [0.05, 0.1) is 6.33 Å². The number of nitrogens with two attached hydrogens (primary N) is 1. The largest absolute Gasteiger partial charge is 0.392 e. The van der Waals surface area contributed by atoms with Gasteiger partial charge in [-0.3, -0.25) is 9.36 Å². The molecule has 14 heavy (non-hydrogen) atoms. The lowest BCUT2D eigenvalue weighted by Crippen LogP contribution is -2.27. The van der Waals surface area contributed by atoms with Crippen molar-refractivity contribution >= 4 is 17.3 Å². The van der Waals surface area contributed by atoms with Crippen molar-refractivity contribution in [2.24, 2.45) is 0 Å². The SMILES string of the molecule is CCC(CC)n1cnc(Cl)c(N)c1=O. The molecule has 0 aliphatic carbocycles. The van der Waals surface area contributed by atoms with Crippen LogP contribution >= 0.6 is 11.6 Å². The minimum Gasteiger partial charge on any atom is -0.392 e. The van der Waals surface area contributed by atoms with E-state index < -0.39 is 0 Å². The highest BCUT2D eigenvalue weighted by molar-refractivity contribution is 6.31. The molecule has 78 valence electrons. The van der Waals surface area contributed by atoms with Crippen LogP contribution in [-0.2, 0) is 0 Å². The Labute approximate surface area is 87.7 Å². The van der Waals surface area contributed by atoms with E-state index in [4.69, 9.17) is 17.3 Å². The molecule has 0 atom stereocenters. The second-order valence-corrected chi connectivity index (χ2v) is 3.49. The molecule has 1 aromatic rings. The van der Waals surface area contributed by atoms with Gasteiger partial charge in [0, 0.05) is 6.04 Å². The van der Waals surface area contributed by atoms with Crippen molar-refractivity contribution in [3.05, 3.63) is 21.8 Å². The number of anilines is 1. The van der Waals surface area contributed by atoms with Crippen molar-refractivity contribution in [2.75, 3.05) is 5.73 Å². The quantitative estimate of drug-likeness (QED) is 0.783. The molecule has 0 aromatic carbocycles. The van der Waals surface area contributed by atoms with E-state index in [1.807, 2.05) is 13.8 Å². The van der Waals surface area contributed by atoms with Crippen molar-refractivity contribution in [1.29, 1.82) is 0 Å². The smallest absolute Gasteiger partial charge is 0.278 e. The van der Waals surface area contributed by atoms with E-state index in [9.17, 15) is 4.79 Å². The van der Waals surface area contributed by atoms with Gasteiger partial charge < -0.3 is 5.73 Å². The van der Waals surface area contributed by atoms with Gasteiger partial charge in [0.15, 0.2) is 5.15 Å². The summed E-state index contributed by atoms with van der Waals surface area (Å²) >= 11 is 5.63. The topological polar surface area (TPSA) is 60.9 Å². The van der Waals surface area contributed by atoms with Gasteiger partial charge >= 0.3 is 0 Å². The van der Waals surface area contributed by atoms with Crippen molar-refractivity contribution in [2.45, 2.75) is 32.7 Å². The van der Waals surface area contributed by atoms with Gasteiger partial charge in [-0.05, 0) is 12.8 Å². The van der Waals surface area contributed by atoms with Crippen LogP contribution in [0, 0.1) is 0 Å². The van der Waals surface area contributed by atoms with Gasteiger partial charge in [0.25, 0.3) is 5.56 Å². The van der Waals surface area contributed by atoms with E-state index in [0.717, 1.165) is 12.8 Å². The normalized spacial score (nSPS) is 10.9. The van der Waals surface area contributed by atoms with Crippen LogP contribution in [0.1, 0.15) is 32.7 Å². The van der Waals surface area contributed by atoms with E-state index in [2.05, 4.69) is 4.98 Å². The summed E-state index contributed by atoms with van der Waals surface area (Å²) in [5, 5.41) is 0.0807. The van der Waals surface area contributed by atoms with Crippen LogP contribution in [0.15, 0.2) is 11.1 Å². The summed E-state index contributed by atoms with van der Waals surface area (Å²) in [6.45, 7) is 4.04. The average Bonchev–Trinajstić information content (AvgIpc) is 2.19. The Kier molecular flexibility index (Phi) is 3.52. The molecule has 0 spiro atoms. The standard InChI is InChI=1S/C9H14ClN3O/c1-3-6(4-2)13-5-12-8(10)7(11)9(13)14/h5-6H,3-4,11H2,1-2H3. The Morgan fingerprint density at radius 3 is 2.64 bits per heavy atom. The summed E-state index contributed by atoms with van der Waals surface area (Å²) in [6.07, 6.45) is 3.21. The molecule has 1 rings (SSSR count). The monoisotopic (exact) mass is 215 g/mol. The number of rotatable bonds is 3. The lowest BCUT2D eigenvalue weighted by atomic mass is 10.2. The summed E-state index contributed by atoms with van der Waals surface area (Å²) in [6, 6.07) is 0.148. The second kappa shape index (κ2) is 4.46. The van der Waals surface area contributed by atoms with Gasteiger partial charge in [-0.15, -0.1) is 0 Å². The summed E-state index contributed by atoms with van der Waals surface area (Å²) in [7, 11) is 0. The highest BCUT2D eigenvalue weighted by atomic mass is 35.5. The maximum absolute atomic E-state index is 11.7. The first kappa shape index (κ1) is 11.0. The van der Waals surface area contributed by atoms with Gasteiger partial charge in [0.1, 0.15) is 5.69 Å². The summed E-state index contributed by atoms with van der Waals surface area (Å²) in [5.41, 5.74) is 5.28. The second-order valence-electron chi connectivity index (χ2n) is 3.13. The fourth-order valence-electron chi connectivity index (χ4n) is 1.40. The number of halogens is 1. The van der Waals surface area contributed by atoms with Gasteiger partial charge in [-0.2, -0.15) is 0 Å². The van der Waals surface area contributed by atoms with Crippen molar-refractivity contribution in [1.82, 2.24) is 9.55 Å². The fraction of sp³-hybridized carbons (Fsp3) is 0.556. The third-order valence-electron chi connectivity index (χ3n) is 2.32. The Hall–Kier alpha value is -1.03. The molecular weight excluding hydrogens is 202 g/mol. The Morgan fingerprint density at radius 1 is 1.57 bits per heavy atom. The van der Waals surface area contributed by atoms with Crippen LogP contribution in [-0.4, -0.2) is 9.55 Å². The molecule has 2 N–H and O–H groups in total. The Bertz CT molecular complexity index is 371. The highest BCUT2D eigenvalue weighted by Gasteiger charge is 2.11. The molecule has 0 saturated heterocycles. The molecule has 0 unspecified atom stereocenters. The van der Waals surface area contributed by atoms with Crippen molar-refractivity contribution < 1.29 is 0 Å². The van der Waals surface area contributed by atoms with E-state index in [1.54, 1.807) is 4.57 Å². The van der Waals surface area contributed by atoms with Crippen LogP contribution in [0.3, 0.4) is 0 Å². The zero-order valence-corrected chi connectivity index (χ0v) is 9.08. The number of aromatic nitrogens is 2. The third kappa shape index (κ3) is 1.90. The molecule has 0 bridgehead atoms. The first-order valence-electron chi connectivity index (χ1n) is 4.63. The highest BCUT2D eigenvalue weighted by Crippen LogP contribution is 2.15. The maximum atomic E-state index is 11.7. The predicted octanol–water partition coefficient (Wildman–Crippen LogP) is 1.84. The molecule has 0 fully saturated rings. The molecule has 0 saturated carbocycles. The van der Waals surface area contributed by atoms with E-state index in [-0.39, 0.29) is 22.4 Å². The zero-order valence-electron chi connectivity index (χ0n) is 8.33. The lowest BCUT2D eigenvalue weighted by molar-refractivity contribution is 0.453. The van der Waals surface area contributed by atoms with Crippen LogP contribution in [0.2, 0.25) is 5.15 Å². The fourth-order valence-corrected chi connectivity index (χ4v) is 1.53. The van der Waals surface area contributed by atoms with Crippen LogP contribution in [0.4, 0.5) is 5.69 Å². The average molecular weight is 216 g/mol. The Morgan fingerprint density at radius 2 is 2.14 bits per heavy atom. The first-order valence-corrected chi connectivity index (χ1v) is 5.01. The molecule has 4 nitrogen and oxygen atoms in total. The summed E-state index contributed by atoms with van der Waals surface area (Å²) in [4.78, 5) is 15.5. The first-order chi connectivity index (χ1) is 6.61. The number of hydrogen-bond acceptors (Lipinski definition) is 3. The number of nitrogens with zero attached hydrogens (tertiary/aromatic N) is 2. The molecule has 5 heteroatoms. The molecule has 1 aromatic heterocycles. The van der Waals surface area contributed by atoms with Crippen molar-refractivity contribution in [3.63, 3.8) is 0 Å². The summed E-state index contributed by atoms with van der Waals surface area (Å²) < 4.78 is 1.54. The minimum absolute atomic E-state index is 0.0288. The van der Waals surface area contributed by atoms with E-state index in [1.165, 1.54) is 6.33 Å². The maximum Gasteiger partial charge on any atom is 0.278 e. The number of nitrogen functional groups attached to an aromatic ring is 1. The molecule has 0 amide bonds. The third-order valence-corrected chi connectivity index (χ3v) is 2.62.